The molecule has 0 aromatic heterocycles. The smallest absolute Gasteiger partial charge is 0.137 e. The molecular weight excluding hydrogens is 283 g/mol. The molecule has 0 radical (unpaired) electrons. The summed E-state index contributed by atoms with van der Waals surface area (Å²) < 4.78 is 13.8. The van der Waals surface area contributed by atoms with E-state index in [0.717, 1.165) is 25.1 Å². The summed E-state index contributed by atoms with van der Waals surface area (Å²) in [6.07, 6.45) is 2.33. The van der Waals surface area contributed by atoms with Crippen LogP contribution >= 0.6 is 15.9 Å². The molecule has 0 amide bonds. The monoisotopic (exact) mass is 302 g/mol. The van der Waals surface area contributed by atoms with Crippen LogP contribution in [0.25, 0.3) is 0 Å². The average molecular weight is 303 g/mol. The van der Waals surface area contributed by atoms with Gasteiger partial charge in [0.15, 0.2) is 0 Å². The van der Waals surface area contributed by atoms with Crippen molar-refractivity contribution < 1.29 is 4.39 Å². The Bertz CT molecular complexity index is 342. The third kappa shape index (κ3) is 5.61. The molecule has 1 rings (SSSR count). The van der Waals surface area contributed by atoms with Gasteiger partial charge in [0.2, 0.25) is 0 Å². The average Bonchev–Trinajstić information content (AvgIpc) is 2.28. The van der Waals surface area contributed by atoms with E-state index in [9.17, 15) is 4.39 Å². The molecule has 0 saturated carbocycles. The number of nitrogens with zero attached hydrogens (tertiary/aromatic N) is 1. The van der Waals surface area contributed by atoms with Crippen molar-refractivity contribution in [1.29, 1.82) is 0 Å². The van der Waals surface area contributed by atoms with E-state index in [-0.39, 0.29) is 5.82 Å². The molecule has 1 aromatic rings. The Morgan fingerprint density at radius 1 is 1.29 bits per heavy atom. The summed E-state index contributed by atoms with van der Waals surface area (Å²) in [5.74, 6) is -0.197. The van der Waals surface area contributed by atoms with Gasteiger partial charge in [-0.3, -0.25) is 0 Å². The fraction of sp³-hybridized carbons (Fsp3) is 0.538. The van der Waals surface area contributed by atoms with Crippen LogP contribution in [0.4, 0.5) is 4.39 Å². The lowest BCUT2D eigenvalue weighted by atomic mass is 10.2. The highest BCUT2D eigenvalue weighted by Gasteiger charge is 2.03. The lowest BCUT2D eigenvalue weighted by Crippen LogP contribution is -2.18. The van der Waals surface area contributed by atoms with E-state index in [2.05, 4.69) is 40.2 Å². The number of nitrogens with one attached hydrogen (secondary N) is 1. The molecule has 0 heterocycles. The zero-order valence-corrected chi connectivity index (χ0v) is 12.1. The highest BCUT2D eigenvalue weighted by Crippen LogP contribution is 2.19. The predicted molar refractivity (Wildman–Crippen MR) is 73.6 cm³/mol. The fourth-order valence-corrected chi connectivity index (χ4v) is 1.99. The molecule has 0 aliphatic carbocycles. The summed E-state index contributed by atoms with van der Waals surface area (Å²) in [5, 5.41) is 3.33. The molecule has 0 bridgehead atoms. The third-order valence-electron chi connectivity index (χ3n) is 2.56. The second-order valence-electron chi connectivity index (χ2n) is 4.40. The lowest BCUT2D eigenvalue weighted by Gasteiger charge is -2.10. The van der Waals surface area contributed by atoms with Crippen molar-refractivity contribution in [3.8, 4) is 0 Å². The maximum absolute atomic E-state index is 13.2. The number of unbranched alkanes of at least 4 members (excludes halogenated alkanes) is 1. The van der Waals surface area contributed by atoms with Crippen LogP contribution in [0, 0.1) is 5.82 Å². The summed E-state index contributed by atoms with van der Waals surface area (Å²) in [5.41, 5.74) is 0.970. The lowest BCUT2D eigenvalue weighted by molar-refractivity contribution is 0.391. The number of hydrogen-bond donors (Lipinski definition) is 1. The van der Waals surface area contributed by atoms with Crippen LogP contribution in [-0.4, -0.2) is 32.1 Å². The summed E-state index contributed by atoms with van der Waals surface area (Å²) in [7, 11) is 4.16. The first-order chi connectivity index (χ1) is 8.11. The van der Waals surface area contributed by atoms with Gasteiger partial charge in [-0.2, -0.15) is 0 Å². The molecule has 2 nitrogen and oxygen atoms in total. The standard InChI is InChI=1S/C13H20BrFN2/c1-17(2)9-4-3-8-16-10-11-6-5-7-12(15)13(11)14/h5-7,16H,3-4,8-10H2,1-2H3. The van der Waals surface area contributed by atoms with Gasteiger partial charge < -0.3 is 10.2 Å². The van der Waals surface area contributed by atoms with Crippen LogP contribution in [0.5, 0.6) is 0 Å². The Morgan fingerprint density at radius 2 is 2.06 bits per heavy atom. The van der Waals surface area contributed by atoms with Gasteiger partial charge in [0.25, 0.3) is 0 Å². The first-order valence-electron chi connectivity index (χ1n) is 5.89. The number of halogens is 2. The Balaban J connectivity index is 2.20. The molecule has 96 valence electrons. The van der Waals surface area contributed by atoms with Gasteiger partial charge in [-0.05, 0) is 67.6 Å². The number of hydrogen-bond acceptors (Lipinski definition) is 2. The Labute approximate surface area is 111 Å². The summed E-state index contributed by atoms with van der Waals surface area (Å²) >= 11 is 3.26. The first-order valence-corrected chi connectivity index (χ1v) is 6.69. The van der Waals surface area contributed by atoms with Gasteiger partial charge in [0, 0.05) is 6.54 Å². The molecule has 1 aromatic carbocycles. The Morgan fingerprint density at radius 3 is 2.76 bits per heavy atom. The molecule has 0 aliphatic rings. The fourth-order valence-electron chi connectivity index (χ4n) is 1.59. The van der Waals surface area contributed by atoms with Gasteiger partial charge >= 0.3 is 0 Å². The van der Waals surface area contributed by atoms with Crippen molar-refractivity contribution in [1.82, 2.24) is 10.2 Å². The number of benzene rings is 1. The minimum atomic E-state index is -0.197. The minimum absolute atomic E-state index is 0.197. The van der Waals surface area contributed by atoms with Crippen molar-refractivity contribution in [2.45, 2.75) is 19.4 Å². The molecule has 0 fully saturated rings. The molecule has 0 unspecified atom stereocenters. The van der Waals surface area contributed by atoms with Crippen molar-refractivity contribution in [2.24, 2.45) is 0 Å². The van der Waals surface area contributed by atoms with Gasteiger partial charge in [-0.25, -0.2) is 4.39 Å². The Kier molecular flexibility index (Phi) is 6.70. The van der Waals surface area contributed by atoms with E-state index in [1.807, 2.05) is 6.07 Å². The van der Waals surface area contributed by atoms with Crippen molar-refractivity contribution >= 4 is 15.9 Å². The molecular formula is C13H20BrFN2. The maximum atomic E-state index is 13.2. The Hall–Kier alpha value is -0.450. The summed E-state index contributed by atoms with van der Waals surface area (Å²) in [4.78, 5) is 2.18. The highest BCUT2D eigenvalue weighted by atomic mass is 79.9. The molecule has 17 heavy (non-hydrogen) atoms. The zero-order valence-electron chi connectivity index (χ0n) is 10.5. The maximum Gasteiger partial charge on any atom is 0.137 e. The molecule has 1 N–H and O–H groups in total. The van der Waals surface area contributed by atoms with E-state index in [4.69, 9.17) is 0 Å². The van der Waals surface area contributed by atoms with E-state index in [1.165, 1.54) is 12.5 Å². The van der Waals surface area contributed by atoms with Crippen molar-refractivity contribution in [3.05, 3.63) is 34.1 Å². The van der Waals surface area contributed by atoms with Crippen LogP contribution in [0.1, 0.15) is 18.4 Å². The zero-order chi connectivity index (χ0) is 12.7. The van der Waals surface area contributed by atoms with E-state index < -0.39 is 0 Å². The summed E-state index contributed by atoms with van der Waals surface area (Å²) in [6, 6.07) is 5.13. The SMILES string of the molecule is CN(C)CCCCNCc1cccc(F)c1Br. The molecule has 0 saturated heterocycles. The van der Waals surface area contributed by atoms with Crippen LogP contribution in [0.15, 0.2) is 22.7 Å². The third-order valence-corrected chi connectivity index (χ3v) is 3.44. The van der Waals surface area contributed by atoms with Gasteiger partial charge in [0.05, 0.1) is 4.47 Å². The van der Waals surface area contributed by atoms with Crippen LogP contribution in [0.2, 0.25) is 0 Å². The van der Waals surface area contributed by atoms with E-state index in [0.29, 0.717) is 11.0 Å². The number of rotatable bonds is 7. The van der Waals surface area contributed by atoms with Gasteiger partial charge in [-0.1, -0.05) is 12.1 Å². The quantitative estimate of drug-likeness (QED) is 0.779. The molecule has 0 spiro atoms. The van der Waals surface area contributed by atoms with Crippen LogP contribution < -0.4 is 5.32 Å². The predicted octanol–water partition coefficient (Wildman–Crippen LogP) is 3.02. The molecule has 0 aliphatic heterocycles. The largest absolute Gasteiger partial charge is 0.313 e. The topological polar surface area (TPSA) is 15.3 Å². The van der Waals surface area contributed by atoms with E-state index in [1.54, 1.807) is 6.07 Å². The first kappa shape index (κ1) is 14.6. The minimum Gasteiger partial charge on any atom is -0.313 e. The molecule has 0 atom stereocenters. The van der Waals surface area contributed by atoms with Crippen LogP contribution in [0.3, 0.4) is 0 Å². The van der Waals surface area contributed by atoms with E-state index >= 15 is 0 Å². The van der Waals surface area contributed by atoms with Crippen molar-refractivity contribution in [2.75, 3.05) is 27.2 Å². The summed E-state index contributed by atoms with van der Waals surface area (Å²) in [6.45, 7) is 2.79. The second kappa shape index (κ2) is 7.80. The van der Waals surface area contributed by atoms with Crippen LogP contribution in [-0.2, 0) is 6.54 Å². The normalized spacial score (nSPS) is 11.1. The van der Waals surface area contributed by atoms with Gasteiger partial charge in [-0.15, -0.1) is 0 Å². The highest BCUT2D eigenvalue weighted by molar-refractivity contribution is 9.10. The van der Waals surface area contributed by atoms with Gasteiger partial charge in [0.1, 0.15) is 5.82 Å². The van der Waals surface area contributed by atoms with Crippen molar-refractivity contribution in [3.63, 3.8) is 0 Å². The second-order valence-corrected chi connectivity index (χ2v) is 5.19. The molecule has 4 heteroatoms.